The first-order valence-electron chi connectivity index (χ1n) is 8.05. The lowest BCUT2D eigenvalue weighted by Gasteiger charge is -2.17. The molecule has 1 atom stereocenters. The maximum absolute atomic E-state index is 12.4. The van der Waals surface area contributed by atoms with Gasteiger partial charge in [0, 0.05) is 0 Å². The summed E-state index contributed by atoms with van der Waals surface area (Å²) >= 11 is 0. The van der Waals surface area contributed by atoms with Gasteiger partial charge in [-0.3, -0.25) is 4.18 Å². The fourth-order valence-corrected chi connectivity index (χ4v) is 3.90. The van der Waals surface area contributed by atoms with Crippen molar-refractivity contribution in [2.24, 2.45) is 0 Å². The molecule has 0 aromatic heterocycles. The van der Waals surface area contributed by atoms with E-state index in [-0.39, 0.29) is 0 Å². The fraction of sp³-hybridized carbons (Fsp3) is 0.647. The molecule has 1 aromatic rings. The maximum Gasteiger partial charge on any atom is 0.274 e. The van der Waals surface area contributed by atoms with Crippen molar-refractivity contribution >= 4 is 10.1 Å². The van der Waals surface area contributed by atoms with Gasteiger partial charge in [0.05, 0.1) is 6.61 Å². The minimum absolute atomic E-state index is 0.305. The van der Waals surface area contributed by atoms with Gasteiger partial charge in [-0.1, -0.05) is 76.3 Å². The third-order valence-corrected chi connectivity index (χ3v) is 5.27. The SMILES string of the molecule is CCCCCCCOS(=O)(=O)C(CCC)c1ccccc1. The molecule has 0 aliphatic rings. The Labute approximate surface area is 129 Å². The van der Waals surface area contributed by atoms with E-state index in [0.29, 0.717) is 13.0 Å². The molecule has 0 aliphatic heterocycles. The van der Waals surface area contributed by atoms with Gasteiger partial charge >= 0.3 is 0 Å². The molecule has 3 nitrogen and oxygen atoms in total. The van der Waals surface area contributed by atoms with E-state index in [1.165, 1.54) is 12.8 Å². The average Bonchev–Trinajstić information content (AvgIpc) is 2.49. The van der Waals surface area contributed by atoms with Crippen LogP contribution in [-0.2, 0) is 14.3 Å². The highest BCUT2D eigenvalue weighted by Gasteiger charge is 2.27. The first-order chi connectivity index (χ1) is 10.1. The predicted octanol–water partition coefficient (Wildman–Crippen LogP) is 4.84. The smallest absolute Gasteiger partial charge is 0.270 e. The Morgan fingerprint density at radius 1 is 0.952 bits per heavy atom. The van der Waals surface area contributed by atoms with E-state index >= 15 is 0 Å². The second-order valence-corrected chi connectivity index (χ2v) is 7.21. The number of hydrogen-bond acceptors (Lipinski definition) is 3. The lowest BCUT2D eigenvalue weighted by Crippen LogP contribution is -2.17. The van der Waals surface area contributed by atoms with Crippen LogP contribution < -0.4 is 0 Å². The Hall–Kier alpha value is -0.870. The molecule has 4 heteroatoms. The van der Waals surface area contributed by atoms with Gasteiger partial charge in [0.15, 0.2) is 0 Å². The number of benzene rings is 1. The largest absolute Gasteiger partial charge is 0.274 e. The zero-order chi connectivity index (χ0) is 15.6. The minimum atomic E-state index is -3.53. The Morgan fingerprint density at radius 2 is 1.62 bits per heavy atom. The Bertz CT molecular complexity index is 468. The van der Waals surface area contributed by atoms with Crippen molar-refractivity contribution in [3.8, 4) is 0 Å². The highest BCUT2D eigenvalue weighted by atomic mass is 32.2. The molecule has 0 amide bonds. The molecule has 1 rings (SSSR count). The molecule has 0 bridgehead atoms. The van der Waals surface area contributed by atoms with E-state index in [2.05, 4.69) is 6.92 Å². The first-order valence-corrected chi connectivity index (χ1v) is 9.52. The second-order valence-electron chi connectivity index (χ2n) is 5.42. The molecule has 1 unspecified atom stereocenters. The second kappa shape index (κ2) is 9.96. The van der Waals surface area contributed by atoms with Gasteiger partial charge in [0.2, 0.25) is 0 Å². The van der Waals surface area contributed by atoms with Gasteiger partial charge in [-0.15, -0.1) is 0 Å². The maximum atomic E-state index is 12.4. The Kier molecular flexibility index (Phi) is 8.62. The summed E-state index contributed by atoms with van der Waals surface area (Å²) in [6.07, 6.45) is 6.80. The van der Waals surface area contributed by atoms with Crippen LogP contribution in [-0.4, -0.2) is 15.0 Å². The van der Waals surface area contributed by atoms with E-state index in [9.17, 15) is 8.42 Å². The summed E-state index contributed by atoms with van der Waals surface area (Å²) in [6, 6.07) is 9.37. The summed E-state index contributed by atoms with van der Waals surface area (Å²) in [5.41, 5.74) is 0.824. The summed E-state index contributed by atoms with van der Waals surface area (Å²) in [5.74, 6) is 0. The molecule has 0 heterocycles. The van der Waals surface area contributed by atoms with E-state index in [4.69, 9.17) is 4.18 Å². The van der Waals surface area contributed by atoms with Crippen molar-refractivity contribution in [3.63, 3.8) is 0 Å². The summed E-state index contributed by atoms with van der Waals surface area (Å²) in [6.45, 7) is 4.46. The lowest BCUT2D eigenvalue weighted by molar-refractivity contribution is 0.299. The van der Waals surface area contributed by atoms with Crippen LogP contribution in [0.4, 0.5) is 0 Å². The number of unbranched alkanes of at least 4 members (excludes halogenated alkanes) is 4. The predicted molar refractivity (Wildman–Crippen MR) is 87.7 cm³/mol. The van der Waals surface area contributed by atoms with Crippen LogP contribution in [0.5, 0.6) is 0 Å². The van der Waals surface area contributed by atoms with E-state index in [1.54, 1.807) is 0 Å². The van der Waals surface area contributed by atoms with Gasteiger partial charge in [0.1, 0.15) is 5.25 Å². The van der Waals surface area contributed by atoms with Crippen LogP contribution in [0.25, 0.3) is 0 Å². The Balaban J connectivity index is 2.56. The summed E-state index contributed by atoms with van der Waals surface area (Å²) < 4.78 is 30.0. The molecule has 1 aromatic carbocycles. The standard InChI is InChI=1S/C17H28O3S/c1-3-5-6-7-11-15-20-21(18,19)17(12-4-2)16-13-9-8-10-14-16/h8-10,13-14,17H,3-7,11-12,15H2,1-2H3. The molecule has 0 saturated carbocycles. The van der Waals surface area contributed by atoms with Gasteiger partial charge in [-0.05, 0) is 18.4 Å². The Morgan fingerprint density at radius 3 is 2.24 bits per heavy atom. The van der Waals surface area contributed by atoms with Crippen LogP contribution in [0.2, 0.25) is 0 Å². The molecule has 0 saturated heterocycles. The third kappa shape index (κ3) is 6.62. The van der Waals surface area contributed by atoms with Crippen molar-refractivity contribution in [2.75, 3.05) is 6.61 Å². The summed E-state index contributed by atoms with van der Waals surface area (Å²) in [4.78, 5) is 0. The number of hydrogen-bond donors (Lipinski definition) is 0. The van der Waals surface area contributed by atoms with E-state index in [1.807, 2.05) is 37.3 Å². The molecule has 0 aliphatic carbocycles. The third-order valence-electron chi connectivity index (χ3n) is 3.57. The molecule has 120 valence electrons. The molecule has 0 N–H and O–H groups in total. The minimum Gasteiger partial charge on any atom is -0.270 e. The van der Waals surface area contributed by atoms with Crippen molar-refractivity contribution in [2.45, 2.75) is 64.0 Å². The van der Waals surface area contributed by atoms with Crippen LogP contribution in [0.15, 0.2) is 30.3 Å². The van der Waals surface area contributed by atoms with E-state index < -0.39 is 15.4 Å². The topological polar surface area (TPSA) is 43.4 Å². The highest BCUT2D eigenvalue weighted by Crippen LogP contribution is 2.28. The van der Waals surface area contributed by atoms with Crippen LogP contribution >= 0.6 is 0 Å². The van der Waals surface area contributed by atoms with Crippen molar-refractivity contribution < 1.29 is 12.6 Å². The molecular formula is C17H28O3S. The van der Waals surface area contributed by atoms with Gasteiger partial charge in [-0.2, -0.15) is 8.42 Å². The monoisotopic (exact) mass is 312 g/mol. The van der Waals surface area contributed by atoms with Gasteiger partial charge < -0.3 is 0 Å². The zero-order valence-corrected chi connectivity index (χ0v) is 14.1. The molecule has 21 heavy (non-hydrogen) atoms. The lowest BCUT2D eigenvalue weighted by atomic mass is 10.1. The van der Waals surface area contributed by atoms with Gasteiger partial charge in [0.25, 0.3) is 10.1 Å². The zero-order valence-electron chi connectivity index (χ0n) is 13.3. The van der Waals surface area contributed by atoms with E-state index in [0.717, 1.165) is 31.2 Å². The average molecular weight is 312 g/mol. The molecule has 0 radical (unpaired) electrons. The fourth-order valence-electron chi connectivity index (χ4n) is 2.37. The van der Waals surface area contributed by atoms with Crippen molar-refractivity contribution in [1.82, 2.24) is 0 Å². The molecule has 0 spiro atoms. The molecule has 0 fully saturated rings. The molecular weight excluding hydrogens is 284 g/mol. The van der Waals surface area contributed by atoms with Gasteiger partial charge in [-0.25, -0.2) is 0 Å². The van der Waals surface area contributed by atoms with Crippen LogP contribution in [0.3, 0.4) is 0 Å². The summed E-state index contributed by atoms with van der Waals surface area (Å²) in [7, 11) is -3.53. The first kappa shape index (κ1) is 18.2. The van der Waals surface area contributed by atoms with Crippen LogP contribution in [0, 0.1) is 0 Å². The quantitative estimate of drug-likeness (QED) is 0.433. The summed E-state index contributed by atoms with van der Waals surface area (Å²) in [5, 5.41) is -0.542. The van der Waals surface area contributed by atoms with Crippen molar-refractivity contribution in [1.29, 1.82) is 0 Å². The normalized spacial score (nSPS) is 13.2. The number of rotatable bonds is 11. The van der Waals surface area contributed by atoms with Crippen LogP contribution in [0.1, 0.15) is 69.6 Å². The van der Waals surface area contributed by atoms with Crippen molar-refractivity contribution in [3.05, 3.63) is 35.9 Å². The highest BCUT2D eigenvalue weighted by molar-refractivity contribution is 7.87.